The zero-order valence-electron chi connectivity index (χ0n) is 13.4. The Hall–Kier alpha value is -1.48. The number of aromatic carboxylic acids is 1. The first-order valence-corrected chi connectivity index (χ1v) is 9.33. The van der Waals surface area contributed by atoms with E-state index in [9.17, 15) is 23.4 Å². The number of carbonyl (C=O) groups is 1. The van der Waals surface area contributed by atoms with Crippen molar-refractivity contribution in [3.05, 3.63) is 29.8 Å². The van der Waals surface area contributed by atoms with Gasteiger partial charge in [0.15, 0.2) is 0 Å². The van der Waals surface area contributed by atoms with E-state index in [1.54, 1.807) is 7.11 Å². The average molecular weight is 355 g/mol. The lowest BCUT2D eigenvalue weighted by Crippen LogP contribution is -2.52. The molecule has 0 aromatic heterocycles. The summed E-state index contributed by atoms with van der Waals surface area (Å²) < 4.78 is 33.2. The molecule has 7 nitrogen and oxygen atoms in total. The molecule has 0 unspecified atom stereocenters. The molecule has 2 N–H and O–H groups in total. The second kappa shape index (κ2) is 6.11. The van der Waals surface area contributed by atoms with Crippen molar-refractivity contribution in [1.29, 1.82) is 0 Å². The Bertz CT molecular complexity index is 749. The Morgan fingerprint density at radius 3 is 2.71 bits per heavy atom. The van der Waals surface area contributed by atoms with Gasteiger partial charge in [-0.2, -0.15) is 4.31 Å². The summed E-state index contributed by atoms with van der Waals surface area (Å²) in [6, 6.07) is 5.11. The van der Waals surface area contributed by atoms with E-state index in [2.05, 4.69) is 0 Å². The number of aliphatic hydroxyl groups excluding tert-OH is 1. The summed E-state index contributed by atoms with van der Waals surface area (Å²) in [5.41, 5.74) is -0.853. The van der Waals surface area contributed by atoms with Crippen LogP contribution in [-0.4, -0.2) is 60.3 Å². The number of rotatable bonds is 4. The van der Waals surface area contributed by atoms with Gasteiger partial charge < -0.3 is 14.9 Å². The van der Waals surface area contributed by atoms with E-state index in [1.165, 1.54) is 28.6 Å². The van der Waals surface area contributed by atoms with Crippen molar-refractivity contribution >= 4 is 16.0 Å². The van der Waals surface area contributed by atoms with Crippen LogP contribution in [0.1, 0.15) is 36.0 Å². The molecule has 24 heavy (non-hydrogen) atoms. The maximum atomic E-state index is 13.1. The molecule has 1 aromatic carbocycles. The van der Waals surface area contributed by atoms with Crippen LogP contribution in [0.4, 0.5) is 0 Å². The highest BCUT2D eigenvalue weighted by molar-refractivity contribution is 7.89. The van der Waals surface area contributed by atoms with Crippen molar-refractivity contribution in [2.75, 3.05) is 13.7 Å². The maximum absolute atomic E-state index is 13.1. The second-order valence-corrected chi connectivity index (χ2v) is 8.24. The molecule has 0 radical (unpaired) electrons. The summed E-state index contributed by atoms with van der Waals surface area (Å²) in [5, 5.41) is 19.3. The summed E-state index contributed by atoms with van der Waals surface area (Å²) in [4.78, 5) is 11.2. The average Bonchev–Trinajstić information content (AvgIpc) is 2.94. The maximum Gasteiger partial charge on any atom is 0.337 e. The molecule has 132 valence electrons. The molecule has 3 atom stereocenters. The number of ether oxygens (including phenoxy) is 1. The molecule has 1 saturated heterocycles. The van der Waals surface area contributed by atoms with Crippen LogP contribution in [0.2, 0.25) is 0 Å². The Balaban J connectivity index is 2.03. The third-order valence-corrected chi connectivity index (χ3v) is 7.18. The molecule has 1 aromatic rings. The molecular weight excluding hydrogens is 334 g/mol. The smallest absolute Gasteiger partial charge is 0.337 e. The van der Waals surface area contributed by atoms with Gasteiger partial charge in [-0.15, -0.1) is 0 Å². The van der Waals surface area contributed by atoms with Gasteiger partial charge in [-0.05, 0) is 37.8 Å². The lowest BCUT2D eigenvalue weighted by molar-refractivity contribution is -0.0775. The predicted octanol–water partition coefficient (Wildman–Crippen LogP) is 1.08. The number of nitrogens with zero attached hydrogens (tertiary/aromatic N) is 1. The first-order valence-electron chi connectivity index (χ1n) is 7.89. The Morgan fingerprint density at radius 2 is 2.04 bits per heavy atom. The van der Waals surface area contributed by atoms with Gasteiger partial charge in [-0.3, -0.25) is 0 Å². The minimum absolute atomic E-state index is 0.218. The van der Waals surface area contributed by atoms with Crippen molar-refractivity contribution in [1.82, 2.24) is 4.31 Å². The van der Waals surface area contributed by atoms with E-state index in [-0.39, 0.29) is 17.0 Å². The van der Waals surface area contributed by atoms with Crippen LogP contribution in [0, 0.1) is 0 Å². The molecular formula is C16H21NO6S. The third kappa shape index (κ3) is 2.63. The van der Waals surface area contributed by atoms with Crippen LogP contribution in [0.5, 0.6) is 0 Å². The highest BCUT2D eigenvalue weighted by atomic mass is 32.2. The number of fused-ring (bicyclic) bond motifs is 1. The second-order valence-electron chi connectivity index (χ2n) is 6.38. The zero-order chi connectivity index (χ0) is 17.5. The fourth-order valence-electron chi connectivity index (χ4n) is 3.92. The molecule has 2 aliphatic rings. The number of carboxylic acid groups (broad SMARTS) is 1. The summed E-state index contributed by atoms with van der Waals surface area (Å²) in [7, 11) is -2.43. The fraction of sp³-hybridized carbons (Fsp3) is 0.562. The van der Waals surface area contributed by atoms with Crippen molar-refractivity contribution < 1.29 is 28.2 Å². The topological polar surface area (TPSA) is 104 Å². The van der Waals surface area contributed by atoms with Gasteiger partial charge in [-0.1, -0.05) is 12.1 Å². The van der Waals surface area contributed by atoms with E-state index >= 15 is 0 Å². The molecule has 0 spiro atoms. The van der Waals surface area contributed by atoms with E-state index in [0.29, 0.717) is 25.7 Å². The normalized spacial score (nSPS) is 30.9. The first kappa shape index (κ1) is 17.3. The van der Waals surface area contributed by atoms with Crippen molar-refractivity contribution in [3.63, 3.8) is 0 Å². The van der Waals surface area contributed by atoms with Crippen LogP contribution in [-0.2, 0) is 14.8 Å². The molecule has 2 fully saturated rings. The lowest BCUT2D eigenvalue weighted by atomic mass is 9.79. The molecule has 1 aliphatic carbocycles. The van der Waals surface area contributed by atoms with Crippen molar-refractivity contribution in [2.24, 2.45) is 0 Å². The summed E-state index contributed by atoms with van der Waals surface area (Å²) in [5.74, 6) is -1.28. The van der Waals surface area contributed by atoms with E-state index in [4.69, 9.17) is 4.74 Å². The monoisotopic (exact) mass is 355 g/mol. The third-order valence-electron chi connectivity index (χ3n) is 5.22. The molecule has 1 saturated carbocycles. The van der Waals surface area contributed by atoms with Gasteiger partial charge in [0.25, 0.3) is 0 Å². The van der Waals surface area contributed by atoms with Gasteiger partial charge in [0.05, 0.1) is 28.2 Å². The van der Waals surface area contributed by atoms with Gasteiger partial charge in [-0.25, -0.2) is 13.2 Å². The largest absolute Gasteiger partial charge is 0.478 e. The van der Waals surface area contributed by atoms with Crippen LogP contribution in [0.15, 0.2) is 29.2 Å². The molecule has 0 amide bonds. The molecule has 3 rings (SSSR count). The molecule has 1 aliphatic heterocycles. The van der Waals surface area contributed by atoms with Gasteiger partial charge in [0.2, 0.25) is 10.0 Å². The number of aliphatic hydroxyl groups is 1. The lowest BCUT2D eigenvalue weighted by Gasteiger charge is -2.42. The Morgan fingerprint density at radius 1 is 1.33 bits per heavy atom. The number of sulfonamides is 1. The van der Waals surface area contributed by atoms with E-state index in [0.717, 1.165) is 0 Å². The quantitative estimate of drug-likeness (QED) is 0.837. The van der Waals surface area contributed by atoms with Crippen LogP contribution >= 0.6 is 0 Å². The Labute approximate surface area is 140 Å². The molecule has 8 heteroatoms. The SMILES string of the molecule is CO[C@]12CC[C@@H](O)C[C@H]1N(S(=O)(=O)c1ccccc1C(=O)O)CC2. The summed E-state index contributed by atoms with van der Waals surface area (Å²) >= 11 is 0. The van der Waals surface area contributed by atoms with Crippen LogP contribution in [0.25, 0.3) is 0 Å². The molecule has 1 heterocycles. The number of methoxy groups -OCH3 is 1. The predicted molar refractivity (Wildman–Crippen MR) is 85.3 cm³/mol. The number of hydrogen-bond donors (Lipinski definition) is 2. The first-order chi connectivity index (χ1) is 11.3. The van der Waals surface area contributed by atoms with Crippen LogP contribution in [0.3, 0.4) is 0 Å². The number of benzene rings is 1. The van der Waals surface area contributed by atoms with Crippen molar-refractivity contribution in [3.8, 4) is 0 Å². The standard InChI is InChI=1S/C16H21NO6S/c1-23-16-7-6-11(18)10-14(16)17(9-8-16)24(21,22)13-5-3-2-4-12(13)15(19)20/h2-5,11,14,18H,6-10H2,1H3,(H,19,20)/t11-,14-,16+/m1/s1. The fourth-order valence-corrected chi connectivity index (χ4v) is 5.80. The van der Waals surface area contributed by atoms with Gasteiger partial charge in [0.1, 0.15) is 0 Å². The highest BCUT2D eigenvalue weighted by Crippen LogP contribution is 2.44. The summed E-state index contributed by atoms with van der Waals surface area (Å²) in [6.07, 6.45) is 1.41. The minimum atomic E-state index is -4.00. The van der Waals surface area contributed by atoms with E-state index < -0.39 is 33.7 Å². The highest BCUT2D eigenvalue weighted by Gasteiger charge is 2.54. The minimum Gasteiger partial charge on any atom is -0.478 e. The number of carboxylic acids is 1. The zero-order valence-corrected chi connectivity index (χ0v) is 14.2. The van der Waals surface area contributed by atoms with Gasteiger partial charge >= 0.3 is 5.97 Å². The Kier molecular flexibility index (Phi) is 4.41. The van der Waals surface area contributed by atoms with Crippen LogP contribution < -0.4 is 0 Å². The van der Waals surface area contributed by atoms with Gasteiger partial charge in [0, 0.05) is 13.7 Å². The van der Waals surface area contributed by atoms with Crippen molar-refractivity contribution in [2.45, 2.75) is 48.3 Å². The number of hydrogen-bond acceptors (Lipinski definition) is 5. The van der Waals surface area contributed by atoms with E-state index in [1.807, 2.05) is 0 Å². The molecule has 0 bridgehead atoms. The summed E-state index contributed by atoms with van der Waals surface area (Å²) in [6.45, 7) is 0.252.